The zero-order valence-corrected chi connectivity index (χ0v) is 13.0. The maximum Gasteiger partial charge on any atom is 0.225 e. The minimum atomic E-state index is 0.274. The summed E-state index contributed by atoms with van der Waals surface area (Å²) in [7, 11) is 0. The molecule has 1 amide bonds. The van der Waals surface area contributed by atoms with Crippen LogP contribution in [0.15, 0.2) is 0 Å². The Morgan fingerprint density at radius 3 is 2.76 bits per heavy atom. The quantitative estimate of drug-likeness (QED) is 0.931. The standard InChI is InChI=1S/C16H26N4O/c1-2-14-17-15(19-18-14)13-9-6-10-20(11-13)16(21)12-7-4-3-5-8-12/h12-13H,2-11H2,1H3,(H,17,18,19)/t13-/m0/s1. The van der Waals surface area contributed by atoms with E-state index in [9.17, 15) is 4.79 Å². The van der Waals surface area contributed by atoms with Crippen LogP contribution in [0.5, 0.6) is 0 Å². The summed E-state index contributed by atoms with van der Waals surface area (Å²) in [6.45, 7) is 3.79. The molecule has 3 rings (SSSR count). The number of rotatable bonds is 3. The Morgan fingerprint density at radius 2 is 2.05 bits per heavy atom. The molecule has 1 N–H and O–H groups in total. The first-order valence-corrected chi connectivity index (χ1v) is 8.48. The number of aromatic amines is 1. The number of nitrogens with one attached hydrogen (secondary N) is 1. The summed E-state index contributed by atoms with van der Waals surface area (Å²) in [6, 6.07) is 0. The largest absolute Gasteiger partial charge is 0.342 e. The van der Waals surface area contributed by atoms with Gasteiger partial charge in [-0.05, 0) is 25.7 Å². The lowest BCUT2D eigenvalue weighted by molar-refractivity contribution is -0.137. The topological polar surface area (TPSA) is 61.9 Å². The fraction of sp³-hybridized carbons (Fsp3) is 0.812. The second kappa shape index (κ2) is 6.58. The van der Waals surface area contributed by atoms with Gasteiger partial charge in [0.2, 0.25) is 5.91 Å². The number of carbonyl (C=O) groups is 1. The normalized spacial score (nSPS) is 24.2. The van der Waals surface area contributed by atoms with Crippen molar-refractivity contribution in [1.29, 1.82) is 0 Å². The molecule has 0 spiro atoms. The molecule has 1 aromatic heterocycles. The summed E-state index contributed by atoms with van der Waals surface area (Å²) in [4.78, 5) is 19.3. The lowest BCUT2D eigenvalue weighted by Gasteiger charge is -2.35. The van der Waals surface area contributed by atoms with Gasteiger partial charge in [0.15, 0.2) is 5.82 Å². The number of piperidine rings is 1. The number of carbonyl (C=O) groups excluding carboxylic acids is 1. The van der Waals surface area contributed by atoms with E-state index in [2.05, 4.69) is 27.0 Å². The highest BCUT2D eigenvalue weighted by Gasteiger charge is 2.31. The van der Waals surface area contributed by atoms with Gasteiger partial charge in [-0.25, -0.2) is 4.98 Å². The molecule has 2 aliphatic rings. The summed E-state index contributed by atoms with van der Waals surface area (Å²) in [5, 5.41) is 7.34. The van der Waals surface area contributed by atoms with Crippen LogP contribution in [0, 0.1) is 5.92 Å². The van der Waals surface area contributed by atoms with Crippen LogP contribution in [0.3, 0.4) is 0 Å². The van der Waals surface area contributed by atoms with Gasteiger partial charge in [0.25, 0.3) is 0 Å². The van der Waals surface area contributed by atoms with E-state index in [0.717, 1.165) is 56.8 Å². The minimum Gasteiger partial charge on any atom is -0.342 e. The van der Waals surface area contributed by atoms with Crippen LogP contribution in [0.2, 0.25) is 0 Å². The first kappa shape index (κ1) is 14.5. The number of aryl methyl sites for hydroxylation is 1. The monoisotopic (exact) mass is 290 g/mol. The predicted molar refractivity (Wildman–Crippen MR) is 80.9 cm³/mol. The van der Waals surface area contributed by atoms with E-state index in [1.54, 1.807) is 0 Å². The summed E-state index contributed by atoms with van der Waals surface area (Å²) in [5.41, 5.74) is 0. The molecule has 1 aliphatic heterocycles. The Hall–Kier alpha value is -1.39. The van der Waals surface area contributed by atoms with Gasteiger partial charge >= 0.3 is 0 Å². The van der Waals surface area contributed by atoms with E-state index in [-0.39, 0.29) is 5.92 Å². The molecule has 0 radical (unpaired) electrons. The molecule has 1 aliphatic carbocycles. The third-order valence-electron chi connectivity index (χ3n) is 4.94. The highest BCUT2D eigenvalue weighted by atomic mass is 16.2. The highest BCUT2D eigenvalue weighted by molar-refractivity contribution is 5.79. The Morgan fingerprint density at radius 1 is 1.24 bits per heavy atom. The van der Waals surface area contributed by atoms with Crippen LogP contribution < -0.4 is 0 Å². The van der Waals surface area contributed by atoms with Crippen LogP contribution in [0.1, 0.15) is 69.4 Å². The Labute approximate surface area is 126 Å². The highest BCUT2D eigenvalue weighted by Crippen LogP contribution is 2.29. The maximum atomic E-state index is 12.7. The summed E-state index contributed by atoms with van der Waals surface area (Å²) in [6.07, 6.45) is 8.94. The summed E-state index contributed by atoms with van der Waals surface area (Å²) < 4.78 is 0. The molecular weight excluding hydrogens is 264 g/mol. The molecule has 0 unspecified atom stereocenters. The van der Waals surface area contributed by atoms with E-state index in [1.807, 2.05) is 0 Å². The van der Waals surface area contributed by atoms with Crippen molar-refractivity contribution in [3.05, 3.63) is 11.6 Å². The molecule has 5 nitrogen and oxygen atoms in total. The Bertz CT molecular complexity index is 478. The van der Waals surface area contributed by atoms with Crippen molar-refractivity contribution in [3.8, 4) is 0 Å². The van der Waals surface area contributed by atoms with E-state index in [0.29, 0.717) is 11.8 Å². The average molecular weight is 290 g/mol. The van der Waals surface area contributed by atoms with Gasteiger partial charge in [-0.3, -0.25) is 9.89 Å². The molecule has 2 heterocycles. The van der Waals surface area contributed by atoms with Crippen LogP contribution in [0.25, 0.3) is 0 Å². The van der Waals surface area contributed by atoms with Gasteiger partial charge in [-0.2, -0.15) is 5.10 Å². The Kier molecular flexibility index (Phi) is 4.56. The predicted octanol–water partition coefficient (Wildman–Crippen LogP) is 2.65. The van der Waals surface area contributed by atoms with Gasteiger partial charge in [-0.1, -0.05) is 26.2 Å². The van der Waals surface area contributed by atoms with Crippen LogP contribution in [-0.2, 0) is 11.2 Å². The average Bonchev–Trinajstić information content (AvgIpc) is 3.04. The molecule has 0 bridgehead atoms. The first-order valence-electron chi connectivity index (χ1n) is 8.48. The van der Waals surface area contributed by atoms with Gasteiger partial charge < -0.3 is 4.90 Å². The van der Waals surface area contributed by atoms with Crippen molar-refractivity contribution in [3.63, 3.8) is 0 Å². The molecule has 0 aromatic carbocycles. The van der Waals surface area contributed by atoms with Crippen molar-refractivity contribution in [2.24, 2.45) is 5.92 Å². The van der Waals surface area contributed by atoms with Crippen molar-refractivity contribution in [1.82, 2.24) is 20.1 Å². The third kappa shape index (κ3) is 3.27. The number of aromatic nitrogens is 3. The smallest absolute Gasteiger partial charge is 0.225 e. The fourth-order valence-corrected chi connectivity index (χ4v) is 3.65. The van der Waals surface area contributed by atoms with Gasteiger partial charge in [-0.15, -0.1) is 0 Å². The van der Waals surface area contributed by atoms with Gasteiger partial charge in [0.1, 0.15) is 5.82 Å². The van der Waals surface area contributed by atoms with E-state index in [4.69, 9.17) is 0 Å². The SMILES string of the molecule is CCc1nc([C@H]2CCCN(C(=O)C3CCCCC3)C2)n[nH]1. The third-order valence-corrected chi connectivity index (χ3v) is 4.94. The van der Waals surface area contributed by atoms with E-state index in [1.165, 1.54) is 19.3 Å². The Balaban J connectivity index is 1.63. The zero-order chi connectivity index (χ0) is 14.7. The molecule has 2 fully saturated rings. The number of likely N-dealkylation sites (tertiary alicyclic amines) is 1. The summed E-state index contributed by atoms with van der Waals surface area (Å²) >= 11 is 0. The van der Waals surface area contributed by atoms with E-state index < -0.39 is 0 Å². The molecule has 1 aromatic rings. The molecule has 21 heavy (non-hydrogen) atoms. The maximum absolute atomic E-state index is 12.7. The van der Waals surface area contributed by atoms with Crippen LogP contribution in [0.4, 0.5) is 0 Å². The number of hydrogen-bond donors (Lipinski definition) is 1. The molecule has 1 atom stereocenters. The molecule has 1 saturated heterocycles. The molecular formula is C16H26N4O. The number of amides is 1. The van der Waals surface area contributed by atoms with Gasteiger partial charge in [0.05, 0.1) is 0 Å². The number of hydrogen-bond acceptors (Lipinski definition) is 3. The molecule has 1 saturated carbocycles. The molecule has 116 valence electrons. The van der Waals surface area contributed by atoms with E-state index >= 15 is 0 Å². The first-order chi connectivity index (χ1) is 10.3. The molecule has 5 heteroatoms. The van der Waals surface area contributed by atoms with Crippen molar-refractivity contribution >= 4 is 5.91 Å². The van der Waals surface area contributed by atoms with Gasteiger partial charge in [0, 0.05) is 31.3 Å². The lowest BCUT2D eigenvalue weighted by atomic mass is 9.87. The minimum absolute atomic E-state index is 0.274. The fourth-order valence-electron chi connectivity index (χ4n) is 3.65. The zero-order valence-electron chi connectivity index (χ0n) is 13.0. The second-order valence-corrected chi connectivity index (χ2v) is 6.45. The van der Waals surface area contributed by atoms with Crippen molar-refractivity contribution in [2.45, 2.75) is 64.2 Å². The summed E-state index contributed by atoms with van der Waals surface area (Å²) in [5.74, 6) is 2.80. The van der Waals surface area contributed by atoms with Crippen molar-refractivity contribution in [2.75, 3.05) is 13.1 Å². The lowest BCUT2D eigenvalue weighted by Crippen LogP contribution is -2.43. The number of nitrogens with zero attached hydrogens (tertiary/aromatic N) is 3. The van der Waals surface area contributed by atoms with Crippen molar-refractivity contribution < 1.29 is 4.79 Å². The number of H-pyrrole nitrogens is 1. The second-order valence-electron chi connectivity index (χ2n) is 6.45. The van der Waals surface area contributed by atoms with Crippen LogP contribution >= 0.6 is 0 Å². The van der Waals surface area contributed by atoms with Crippen LogP contribution in [-0.4, -0.2) is 39.1 Å².